The summed E-state index contributed by atoms with van der Waals surface area (Å²) in [5, 5.41) is 3.17. The molecule has 2 aliphatic heterocycles. The molecular weight excluding hydrogens is 324 g/mol. The first-order valence-corrected chi connectivity index (χ1v) is 10.0. The van der Waals surface area contributed by atoms with E-state index in [-0.39, 0.29) is 17.5 Å². The number of rotatable bonds is 3. The molecule has 6 nitrogen and oxygen atoms in total. The minimum Gasteiger partial charge on any atom is -0.352 e. The van der Waals surface area contributed by atoms with Crippen LogP contribution in [0.2, 0.25) is 0 Å². The molecule has 7 heteroatoms. The van der Waals surface area contributed by atoms with Crippen LogP contribution in [0, 0.1) is 0 Å². The third-order valence-electron chi connectivity index (χ3n) is 4.66. The second-order valence-corrected chi connectivity index (χ2v) is 8.65. The molecule has 0 saturated carbocycles. The van der Waals surface area contributed by atoms with Crippen molar-refractivity contribution < 1.29 is 8.42 Å². The van der Waals surface area contributed by atoms with Crippen LogP contribution in [0.15, 0.2) is 36.5 Å². The average molecular weight is 344 g/mol. The summed E-state index contributed by atoms with van der Waals surface area (Å²) in [7, 11) is -2.91. The maximum Gasteiger partial charge on any atom is 0.224 e. The molecule has 0 radical (unpaired) electrons. The van der Waals surface area contributed by atoms with Crippen molar-refractivity contribution >= 4 is 21.6 Å². The number of sulfone groups is 1. The van der Waals surface area contributed by atoms with Gasteiger partial charge in [0.05, 0.1) is 11.5 Å². The van der Waals surface area contributed by atoms with Gasteiger partial charge in [0.2, 0.25) is 5.95 Å². The van der Waals surface area contributed by atoms with Gasteiger partial charge in [-0.25, -0.2) is 13.4 Å². The van der Waals surface area contributed by atoms with Crippen LogP contribution in [0.4, 0.5) is 11.8 Å². The molecule has 1 fully saturated rings. The van der Waals surface area contributed by atoms with Crippen molar-refractivity contribution in [1.82, 2.24) is 9.97 Å². The highest BCUT2D eigenvalue weighted by Crippen LogP contribution is 2.24. The Kier molecular flexibility index (Phi) is 3.88. The zero-order chi connectivity index (χ0) is 16.6. The number of hydrogen-bond donors (Lipinski definition) is 1. The van der Waals surface area contributed by atoms with Crippen LogP contribution in [0.5, 0.6) is 0 Å². The fourth-order valence-corrected chi connectivity index (χ4v) is 5.05. The minimum absolute atomic E-state index is 0.0904. The molecule has 1 N–H and O–H groups in total. The maximum atomic E-state index is 11.6. The van der Waals surface area contributed by atoms with Crippen molar-refractivity contribution in [3.63, 3.8) is 0 Å². The molecule has 4 rings (SSSR count). The molecule has 1 aromatic heterocycles. The molecule has 24 heavy (non-hydrogen) atoms. The summed E-state index contributed by atoms with van der Waals surface area (Å²) in [6.07, 6.45) is 3.35. The Hall–Kier alpha value is -2.15. The van der Waals surface area contributed by atoms with Gasteiger partial charge < -0.3 is 10.2 Å². The van der Waals surface area contributed by atoms with Crippen molar-refractivity contribution in [3.05, 3.63) is 47.7 Å². The standard InChI is InChI=1S/C17H20N4O2S/c22-24(23)10-7-15(12-24)19-17-18-8-5-16(20-17)21-9-6-13-3-1-2-4-14(13)11-21/h1-5,8,15H,6-7,9-12H2,(H,18,19,20). The van der Waals surface area contributed by atoms with Crippen LogP contribution in [-0.2, 0) is 22.8 Å². The SMILES string of the molecule is O=S1(=O)CCC(Nc2nccc(N3CCc4ccccc4C3)n2)C1. The van der Waals surface area contributed by atoms with Gasteiger partial charge >= 0.3 is 0 Å². The third-order valence-corrected chi connectivity index (χ3v) is 6.43. The lowest BCUT2D eigenvalue weighted by molar-refractivity contribution is 0.602. The molecule has 0 spiro atoms. The highest BCUT2D eigenvalue weighted by molar-refractivity contribution is 7.91. The van der Waals surface area contributed by atoms with E-state index < -0.39 is 9.84 Å². The summed E-state index contributed by atoms with van der Waals surface area (Å²) in [5.41, 5.74) is 2.73. The average Bonchev–Trinajstić information content (AvgIpc) is 2.93. The van der Waals surface area contributed by atoms with Crippen LogP contribution in [0.25, 0.3) is 0 Å². The Balaban J connectivity index is 1.49. The predicted octanol–water partition coefficient (Wildman–Crippen LogP) is 1.64. The predicted molar refractivity (Wildman–Crippen MR) is 93.9 cm³/mol. The van der Waals surface area contributed by atoms with Gasteiger partial charge in [-0.3, -0.25) is 0 Å². The van der Waals surface area contributed by atoms with Crippen LogP contribution < -0.4 is 10.2 Å². The summed E-state index contributed by atoms with van der Waals surface area (Å²) >= 11 is 0. The summed E-state index contributed by atoms with van der Waals surface area (Å²) in [5.74, 6) is 1.79. The van der Waals surface area contributed by atoms with Crippen molar-refractivity contribution in [2.45, 2.75) is 25.4 Å². The summed E-state index contributed by atoms with van der Waals surface area (Å²) in [6, 6.07) is 10.3. The van der Waals surface area contributed by atoms with E-state index in [0.717, 1.165) is 25.3 Å². The van der Waals surface area contributed by atoms with Crippen LogP contribution in [0.3, 0.4) is 0 Å². The largest absolute Gasteiger partial charge is 0.352 e. The van der Waals surface area contributed by atoms with Gasteiger partial charge in [-0.2, -0.15) is 4.98 Å². The van der Waals surface area contributed by atoms with Crippen molar-refractivity contribution in [2.24, 2.45) is 0 Å². The van der Waals surface area contributed by atoms with E-state index in [4.69, 9.17) is 0 Å². The van der Waals surface area contributed by atoms with E-state index in [0.29, 0.717) is 12.4 Å². The molecule has 1 saturated heterocycles. The lowest BCUT2D eigenvalue weighted by Gasteiger charge is -2.30. The van der Waals surface area contributed by atoms with E-state index in [9.17, 15) is 8.42 Å². The summed E-state index contributed by atoms with van der Waals surface area (Å²) in [4.78, 5) is 11.1. The number of nitrogens with one attached hydrogen (secondary N) is 1. The van der Waals surface area contributed by atoms with Gasteiger partial charge in [-0.1, -0.05) is 24.3 Å². The minimum atomic E-state index is -2.91. The maximum absolute atomic E-state index is 11.6. The smallest absolute Gasteiger partial charge is 0.224 e. The molecule has 1 unspecified atom stereocenters. The Labute approximate surface area is 141 Å². The van der Waals surface area contributed by atoms with Crippen LogP contribution in [0.1, 0.15) is 17.5 Å². The van der Waals surface area contributed by atoms with E-state index in [1.807, 2.05) is 6.07 Å². The highest BCUT2D eigenvalue weighted by Gasteiger charge is 2.28. The number of anilines is 2. The van der Waals surface area contributed by atoms with Gasteiger partial charge in [0.15, 0.2) is 9.84 Å². The first kappa shape index (κ1) is 15.4. The second-order valence-electron chi connectivity index (χ2n) is 6.42. The molecule has 3 heterocycles. The fourth-order valence-electron chi connectivity index (χ4n) is 3.38. The second kappa shape index (κ2) is 6.05. The highest BCUT2D eigenvalue weighted by atomic mass is 32.2. The fraction of sp³-hybridized carbons (Fsp3) is 0.412. The lowest BCUT2D eigenvalue weighted by atomic mass is 10.00. The third kappa shape index (κ3) is 3.21. The number of benzene rings is 1. The monoisotopic (exact) mass is 344 g/mol. The molecule has 0 bridgehead atoms. The van der Waals surface area contributed by atoms with Crippen molar-refractivity contribution in [3.8, 4) is 0 Å². The number of hydrogen-bond acceptors (Lipinski definition) is 6. The Morgan fingerprint density at radius 3 is 2.79 bits per heavy atom. The van der Waals surface area contributed by atoms with Crippen LogP contribution in [-0.4, -0.2) is 42.5 Å². The zero-order valence-corrected chi connectivity index (χ0v) is 14.2. The van der Waals surface area contributed by atoms with Gasteiger partial charge in [-0.05, 0) is 30.0 Å². The number of fused-ring (bicyclic) bond motifs is 1. The molecule has 1 aromatic carbocycles. The topological polar surface area (TPSA) is 75.2 Å². The summed E-state index contributed by atoms with van der Waals surface area (Å²) < 4.78 is 23.1. The lowest BCUT2D eigenvalue weighted by Crippen LogP contribution is -2.31. The summed E-state index contributed by atoms with van der Waals surface area (Å²) in [6.45, 7) is 1.76. The molecular formula is C17H20N4O2S. The molecule has 126 valence electrons. The Morgan fingerprint density at radius 2 is 2.00 bits per heavy atom. The van der Waals surface area contributed by atoms with E-state index in [2.05, 4.69) is 44.5 Å². The quantitative estimate of drug-likeness (QED) is 0.912. The first-order chi connectivity index (χ1) is 11.6. The first-order valence-electron chi connectivity index (χ1n) is 8.21. The number of aromatic nitrogens is 2. The Morgan fingerprint density at radius 1 is 1.17 bits per heavy atom. The van der Waals surface area contributed by atoms with E-state index in [1.54, 1.807) is 6.20 Å². The zero-order valence-electron chi connectivity index (χ0n) is 13.4. The van der Waals surface area contributed by atoms with Gasteiger partial charge in [0.25, 0.3) is 0 Å². The van der Waals surface area contributed by atoms with Crippen LogP contribution >= 0.6 is 0 Å². The van der Waals surface area contributed by atoms with E-state index >= 15 is 0 Å². The molecule has 2 aliphatic rings. The normalized spacial score (nSPS) is 22.2. The van der Waals surface area contributed by atoms with E-state index in [1.165, 1.54) is 11.1 Å². The van der Waals surface area contributed by atoms with Gasteiger partial charge in [0.1, 0.15) is 5.82 Å². The molecule has 2 aromatic rings. The molecule has 1 atom stereocenters. The molecule has 0 aliphatic carbocycles. The Bertz CT molecular complexity index is 853. The van der Waals surface area contributed by atoms with Crippen molar-refractivity contribution in [1.29, 1.82) is 0 Å². The molecule has 0 amide bonds. The number of nitrogens with zero attached hydrogens (tertiary/aromatic N) is 3. The van der Waals surface area contributed by atoms with Crippen molar-refractivity contribution in [2.75, 3.05) is 28.3 Å². The van der Waals surface area contributed by atoms with Gasteiger partial charge in [0, 0.05) is 25.3 Å². The van der Waals surface area contributed by atoms with Gasteiger partial charge in [-0.15, -0.1) is 0 Å².